The third kappa shape index (κ3) is 1.89. The Morgan fingerprint density at radius 3 is 2.73 bits per heavy atom. The molecule has 2 saturated carbocycles. The van der Waals surface area contributed by atoms with E-state index in [1.54, 1.807) is 0 Å². The topological polar surface area (TPSA) is 76.4 Å². The molecule has 0 aromatic rings. The molecule has 1 aliphatic heterocycles. The summed E-state index contributed by atoms with van der Waals surface area (Å²) < 4.78 is 11.2. The Morgan fingerprint density at radius 1 is 1.45 bits per heavy atom. The molecule has 3 aliphatic rings. The molecule has 0 N–H and O–H groups in total. The van der Waals surface area contributed by atoms with E-state index in [0.717, 1.165) is 6.42 Å². The third-order valence-corrected chi connectivity index (χ3v) is 6.28. The zero-order valence-corrected chi connectivity index (χ0v) is 13.4. The molecule has 5 unspecified atom stereocenters. The predicted molar refractivity (Wildman–Crippen MR) is 77.3 cm³/mol. The summed E-state index contributed by atoms with van der Waals surface area (Å²) in [5, 5.41) is 9.48. The highest BCUT2D eigenvalue weighted by molar-refractivity contribution is 5.84. The molecule has 5 heteroatoms. The number of hydrogen-bond acceptors (Lipinski definition) is 5. The average Bonchev–Trinajstić information content (AvgIpc) is 2.97. The smallest absolute Gasteiger partial charge is 0.327 e. The fourth-order valence-corrected chi connectivity index (χ4v) is 4.30. The molecule has 0 aromatic heterocycles. The SMILES string of the molecule is CCC(C)(CC)C(=O)OC1CC2CC3C1OC(=O)C3(C#N)C2. The van der Waals surface area contributed by atoms with Gasteiger partial charge in [-0.2, -0.15) is 5.26 Å². The number of carbonyl (C=O) groups is 2. The molecule has 0 aromatic carbocycles. The minimum Gasteiger partial charge on any atom is -0.458 e. The Balaban J connectivity index is 1.80. The van der Waals surface area contributed by atoms with Crippen LogP contribution in [0.4, 0.5) is 0 Å². The monoisotopic (exact) mass is 305 g/mol. The van der Waals surface area contributed by atoms with Crippen molar-refractivity contribution in [3.63, 3.8) is 0 Å². The number of carbonyl (C=O) groups excluding carboxylic acids is 2. The van der Waals surface area contributed by atoms with E-state index in [0.29, 0.717) is 25.7 Å². The van der Waals surface area contributed by atoms with Crippen LogP contribution < -0.4 is 0 Å². The molecule has 5 nitrogen and oxygen atoms in total. The van der Waals surface area contributed by atoms with Gasteiger partial charge in [-0.15, -0.1) is 0 Å². The van der Waals surface area contributed by atoms with Crippen LogP contribution in [0.3, 0.4) is 0 Å². The van der Waals surface area contributed by atoms with Crippen LogP contribution in [0.1, 0.15) is 52.9 Å². The van der Waals surface area contributed by atoms with Crippen LogP contribution in [-0.2, 0) is 19.1 Å². The van der Waals surface area contributed by atoms with Crippen molar-refractivity contribution in [3.8, 4) is 6.07 Å². The van der Waals surface area contributed by atoms with Crippen molar-refractivity contribution in [3.05, 3.63) is 0 Å². The molecule has 3 fully saturated rings. The molecule has 2 aliphatic carbocycles. The van der Waals surface area contributed by atoms with Crippen LogP contribution in [0.5, 0.6) is 0 Å². The molecule has 0 radical (unpaired) electrons. The van der Waals surface area contributed by atoms with Crippen LogP contribution >= 0.6 is 0 Å². The normalized spacial score (nSPS) is 39.3. The lowest BCUT2D eigenvalue weighted by Crippen LogP contribution is -2.43. The van der Waals surface area contributed by atoms with Gasteiger partial charge in [-0.1, -0.05) is 13.8 Å². The van der Waals surface area contributed by atoms with Gasteiger partial charge in [-0.3, -0.25) is 9.59 Å². The maximum Gasteiger partial charge on any atom is 0.327 e. The first kappa shape index (κ1) is 15.3. The highest BCUT2D eigenvalue weighted by Gasteiger charge is 2.68. The maximum atomic E-state index is 12.5. The highest BCUT2D eigenvalue weighted by Crippen LogP contribution is 2.59. The standard InChI is InChI=1S/C17H23NO4/c1-4-16(3,5-2)14(19)21-12-7-10-6-11-13(12)22-15(20)17(11,8-10)9-18/h10-13H,4-8H2,1-3H3. The van der Waals surface area contributed by atoms with Gasteiger partial charge in [0, 0.05) is 5.92 Å². The van der Waals surface area contributed by atoms with Crippen molar-refractivity contribution < 1.29 is 19.1 Å². The first-order chi connectivity index (χ1) is 10.4. The zero-order valence-electron chi connectivity index (χ0n) is 13.4. The number of esters is 2. The molecular weight excluding hydrogens is 282 g/mol. The van der Waals surface area contributed by atoms with Gasteiger partial charge in [0.2, 0.25) is 0 Å². The summed E-state index contributed by atoms with van der Waals surface area (Å²) in [7, 11) is 0. The maximum absolute atomic E-state index is 12.5. The molecule has 5 atom stereocenters. The van der Waals surface area contributed by atoms with E-state index >= 15 is 0 Å². The second-order valence-corrected chi connectivity index (χ2v) is 7.31. The van der Waals surface area contributed by atoms with Gasteiger partial charge < -0.3 is 9.47 Å². The molecule has 1 saturated heterocycles. The van der Waals surface area contributed by atoms with Crippen molar-refractivity contribution >= 4 is 11.9 Å². The van der Waals surface area contributed by atoms with Crippen molar-refractivity contribution in [2.45, 2.75) is 65.1 Å². The molecule has 3 rings (SSSR count). The van der Waals surface area contributed by atoms with Gasteiger partial charge in [-0.05, 0) is 44.9 Å². The van der Waals surface area contributed by atoms with Crippen LogP contribution in [0.15, 0.2) is 0 Å². The quantitative estimate of drug-likeness (QED) is 0.746. The fraction of sp³-hybridized carbons (Fsp3) is 0.824. The largest absolute Gasteiger partial charge is 0.458 e. The lowest BCUT2D eigenvalue weighted by atomic mass is 9.77. The van der Waals surface area contributed by atoms with Crippen LogP contribution in [0.25, 0.3) is 0 Å². The van der Waals surface area contributed by atoms with Gasteiger partial charge in [0.25, 0.3) is 0 Å². The molecular formula is C17H23NO4. The summed E-state index contributed by atoms with van der Waals surface area (Å²) in [5.41, 5.74) is -1.49. The number of ether oxygens (including phenoxy) is 2. The lowest BCUT2D eigenvalue weighted by molar-refractivity contribution is -0.177. The Hall–Kier alpha value is -1.57. The Labute approximate surface area is 131 Å². The fourth-order valence-electron chi connectivity index (χ4n) is 4.30. The van der Waals surface area contributed by atoms with Crippen LogP contribution in [0, 0.1) is 34.0 Å². The van der Waals surface area contributed by atoms with E-state index in [4.69, 9.17) is 9.47 Å². The summed E-state index contributed by atoms with van der Waals surface area (Å²) >= 11 is 0. The zero-order chi connectivity index (χ0) is 16.1. The molecule has 0 spiro atoms. The predicted octanol–water partition coefficient (Wildman–Crippen LogP) is 2.59. The van der Waals surface area contributed by atoms with E-state index in [9.17, 15) is 14.9 Å². The average molecular weight is 305 g/mol. The van der Waals surface area contributed by atoms with E-state index in [2.05, 4.69) is 6.07 Å². The first-order valence-electron chi connectivity index (χ1n) is 8.23. The van der Waals surface area contributed by atoms with Gasteiger partial charge in [0.05, 0.1) is 11.5 Å². The molecule has 2 bridgehead atoms. The first-order valence-corrected chi connectivity index (χ1v) is 8.23. The number of hydrogen-bond donors (Lipinski definition) is 0. The van der Waals surface area contributed by atoms with E-state index in [-0.39, 0.29) is 17.8 Å². The number of nitrogens with zero attached hydrogens (tertiary/aromatic N) is 1. The van der Waals surface area contributed by atoms with E-state index in [1.165, 1.54) is 0 Å². The van der Waals surface area contributed by atoms with Crippen molar-refractivity contribution in [2.24, 2.45) is 22.7 Å². The van der Waals surface area contributed by atoms with Gasteiger partial charge in [0.15, 0.2) is 5.41 Å². The molecule has 22 heavy (non-hydrogen) atoms. The molecule has 0 amide bonds. The van der Waals surface area contributed by atoms with Crippen molar-refractivity contribution in [1.82, 2.24) is 0 Å². The highest BCUT2D eigenvalue weighted by atomic mass is 16.6. The summed E-state index contributed by atoms with van der Waals surface area (Å²) in [6.07, 6.45) is 2.69. The minimum atomic E-state index is -0.991. The van der Waals surface area contributed by atoms with Gasteiger partial charge in [0.1, 0.15) is 12.2 Å². The number of rotatable bonds is 4. The summed E-state index contributed by atoms with van der Waals surface area (Å²) in [5.74, 6) is -0.464. The number of fused-ring (bicyclic) bond motifs is 1. The Bertz CT molecular complexity index is 547. The number of nitriles is 1. The molecule has 1 heterocycles. The van der Waals surface area contributed by atoms with E-state index < -0.39 is 29.0 Å². The van der Waals surface area contributed by atoms with Crippen LogP contribution in [-0.4, -0.2) is 24.1 Å². The lowest BCUT2D eigenvalue weighted by Gasteiger charge is -2.35. The Morgan fingerprint density at radius 2 is 2.14 bits per heavy atom. The van der Waals surface area contributed by atoms with Gasteiger partial charge >= 0.3 is 11.9 Å². The summed E-state index contributed by atoms with van der Waals surface area (Å²) in [4.78, 5) is 24.7. The summed E-state index contributed by atoms with van der Waals surface area (Å²) in [6.45, 7) is 5.87. The third-order valence-electron chi connectivity index (χ3n) is 6.28. The second-order valence-electron chi connectivity index (χ2n) is 7.31. The van der Waals surface area contributed by atoms with Crippen molar-refractivity contribution in [2.75, 3.05) is 0 Å². The second kappa shape index (κ2) is 4.97. The Kier molecular flexibility index (Phi) is 3.47. The van der Waals surface area contributed by atoms with Gasteiger partial charge in [-0.25, -0.2) is 0 Å². The van der Waals surface area contributed by atoms with Crippen molar-refractivity contribution in [1.29, 1.82) is 5.26 Å². The minimum absolute atomic E-state index is 0.115. The molecule has 120 valence electrons. The summed E-state index contributed by atoms with van der Waals surface area (Å²) in [6, 6.07) is 2.20. The van der Waals surface area contributed by atoms with Crippen LogP contribution in [0.2, 0.25) is 0 Å². The van der Waals surface area contributed by atoms with E-state index in [1.807, 2.05) is 20.8 Å².